The van der Waals surface area contributed by atoms with Crippen molar-refractivity contribution in [1.82, 2.24) is 4.90 Å². The number of carbonyl (C=O) groups is 2. The van der Waals surface area contributed by atoms with Crippen molar-refractivity contribution in [1.29, 1.82) is 0 Å². The van der Waals surface area contributed by atoms with Crippen molar-refractivity contribution >= 4 is 12.1 Å². The summed E-state index contributed by atoms with van der Waals surface area (Å²) in [6.45, 7) is 6.07. The zero-order chi connectivity index (χ0) is 20.6. The fraction of sp³-hybridized carbons (Fsp3) is 0.364. The Kier molecular flexibility index (Phi) is 7.44. The summed E-state index contributed by atoms with van der Waals surface area (Å²) in [5.41, 5.74) is 1.47. The van der Waals surface area contributed by atoms with E-state index in [4.69, 9.17) is 9.47 Å². The number of rotatable bonds is 8. The Morgan fingerprint density at radius 2 is 1.61 bits per heavy atom. The van der Waals surface area contributed by atoms with Crippen molar-refractivity contribution in [2.45, 2.75) is 39.3 Å². The standard InChI is InChI=1S/C22H27NO5/c1-22(2,3)23(21(25)26)14-13-17-9-11-19(12-10-17)27-16-20(24)28-15-18-7-5-4-6-8-18/h4-12H,13-16H2,1-3H3,(H,25,26). The highest BCUT2D eigenvalue weighted by Gasteiger charge is 2.25. The van der Waals surface area contributed by atoms with Gasteiger partial charge < -0.3 is 19.5 Å². The Morgan fingerprint density at radius 1 is 0.964 bits per heavy atom. The topological polar surface area (TPSA) is 76.1 Å². The first kappa shape index (κ1) is 21.3. The van der Waals surface area contributed by atoms with Crippen LogP contribution in [-0.2, 0) is 22.6 Å². The summed E-state index contributed by atoms with van der Waals surface area (Å²) in [5, 5.41) is 9.33. The van der Waals surface area contributed by atoms with Gasteiger partial charge in [-0.25, -0.2) is 9.59 Å². The van der Waals surface area contributed by atoms with Gasteiger partial charge in [0, 0.05) is 12.1 Å². The summed E-state index contributed by atoms with van der Waals surface area (Å²) in [4.78, 5) is 24.6. The van der Waals surface area contributed by atoms with Crippen molar-refractivity contribution < 1.29 is 24.2 Å². The Hall–Kier alpha value is -3.02. The number of amides is 1. The van der Waals surface area contributed by atoms with Gasteiger partial charge in [-0.1, -0.05) is 42.5 Å². The van der Waals surface area contributed by atoms with Crippen LogP contribution < -0.4 is 4.74 Å². The molecule has 6 nitrogen and oxygen atoms in total. The Labute approximate surface area is 165 Å². The lowest BCUT2D eigenvalue weighted by atomic mass is 10.1. The summed E-state index contributed by atoms with van der Waals surface area (Å²) < 4.78 is 10.6. The van der Waals surface area contributed by atoms with Crippen LogP contribution in [-0.4, -0.2) is 40.8 Å². The third kappa shape index (κ3) is 6.95. The third-order valence-corrected chi connectivity index (χ3v) is 4.19. The Morgan fingerprint density at radius 3 is 2.18 bits per heavy atom. The van der Waals surface area contributed by atoms with Crippen molar-refractivity contribution in [3.05, 3.63) is 65.7 Å². The normalized spacial score (nSPS) is 11.0. The van der Waals surface area contributed by atoms with E-state index in [1.54, 1.807) is 12.1 Å². The number of hydrogen-bond acceptors (Lipinski definition) is 4. The summed E-state index contributed by atoms with van der Waals surface area (Å²) >= 11 is 0. The van der Waals surface area contributed by atoms with E-state index in [1.807, 2.05) is 63.2 Å². The minimum absolute atomic E-state index is 0.164. The maximum Gasteiger partial charge on any atom is 0.407 e. The van der Waals surface area contributed by atoms with Gasteiger partial charge in [0.25, 0.3) is 0 Å². The van der Waals surface area contributed by atoms with Gasteiger partial charge in [0.15, 0.2) is 6.61 Å². The van der Waals surface area contributed by atoms with Crippen molar-refractivity contribution in [2.24, 2.45) is 0 Å². The van der Waals surface area contributed by atoms with Crippen LogP contribution in [0, 0.1) is 0 Å². The second-order valence-electron chi connectivity index (χ2n) is 7.43. The average molecular weight is 385 g/mol. The summed E-state index contributed by atoms with van der Waals surface area (Å²) in [7, 11) is 0. The molecular weight excluding hydrogens is 358 g/mol. The molecule has 0 aliphatic heterocycles. The number of benzene rings is 2. The molecule has 0 saturated heterocycles. The predicted molar refractivity (Wildman–Crippen MR) is 106 cm³/mol. The Bertz CT molecular complexity index is 766. The molecular formula is C22H27NO5. The highest BCUT2D eigenvalue weighted by Crippen LogP contribution is 2.17. The molecule has 0 unspecified atom stereocenters. The largest absolute Gasteiger partial charge is 0.482 e. The van der Waals surface area contributed by atoms with Gasteiger partial charge in [-0.2, -0.15) is 0 Å². The monoisotopic (exact) mass is 385 g/mol. The van der Waals surface area contributed by atoms with Crippen LogP contribution in [0.1, 0.15) is 31.9 Å². The maximum atomic E-state index is 11.8. The molecule has 0 heterocycles. The van der Waals surface area contributed by atoms with E-state index in [0.717, 1.165) is 11.1 Å². The van der Waals surface area contributed by atoms with Gasteiger partial charge in [-0.05, 0) is 50.5 Å². The van der Waals surface area contributed by atoms with E-state index in [-0.39, 0.29) is 13.2 Å². The molecule has 1 N–H and O–H groups in total. The molecule has 0 aromatic heterocycles. The van der Waals surface area contributed by atoms with E-state index in [1.165, 1.54) is 4.90 Å². The highest BCUT2D eigenvalue weighted by molar-refractivity contribution is 5.71. The van der Waals surface area contributed by atoms with Gasteiger partial charge in [-0.3, -0.25) is 0 Å². The fourth-order valence-corrected chi connectivity index (χ4v) is 2.63. The van der Waals surface area contributed by atoms with E-state index in [2.05, 4.69) is 0 Å². The van der Waals surface area contributed by atoms with Gasteiger partial charge in [0.2, 0.25) is 0 Å². The molecule has 28 heavy (non-hydrogen) atoms. The van der Waals surface area contributed by atoms with Gasteiger partial charge in [0.05, 0.1) is 0 Å². The number of hydrogen-bond donors (Lipinski definition) is 1. The molecule has 0 bridgehead atoms. The predicted octanol–water partition coefficient (Wildman–Crippen LogP) is 4.13. The second kappa shape index (κ2) is 9.78. The molecule has 150 valence electrons. The molecule has 2 rings (SSSR count). The van der Waals surface area contributed by atoms with Crippen LogP contribution in [0.15, 0.2) is 54.6 Å². The lowest BCUT2D eigenvalue weighted by Crippen LogP contribution is -2.45. The molecule has 0 atom stereocenters. The van der Waals surface area contributed by atoms with Crippen LogP contribution in [0.5, 0.6) is 5.75 Å². The Balaban J connectivity index is 1.77. The molecule has 6 heteroatoms. The number of nitrogens with zero attached hydrogens (tertiary/aromatic N) is 1. The number of carboxylic acid groups (broad SMARTS) is 1. The van der Waals surface area contributed by atoms with Gasteiger partial charge >= 0.3 is 12.1 Å². The van der Waals surface area contributed by atoms with Crippen LogP contribution in [0.25, 0.3) is 0 Å². The molecule has 0 saturated carbocycles. The minimum atomic E-state index is -0.929. The average Bonchev–Trinajstić information content (AvgIpc) is 2.65. The van der Waals surface area contributed by atoms with E-state index >= 15 is 0 Å². The first-order valence-corrected chi connectivity index (χ1v) is 9.17. The lowest BCUT2D eigenvalue weighted by molar-refractivity contribution is -0.147. The lowest BCUT2D eigenvalue weighted by Gasteiger charge is -2.33. The summed E-state index contributed by atoms with van der Waals surface area (Å²) in [6.07, 6.45) is -0.329. The number of carbonyl (C=O) groups excluding carboxylic acids is 1. The molecule has 0 fully saturated rings. The number of esters is 1. The molecule has 2 aromatic carbocycles. The van der Waals surface area contributed by atoms with Crippen LogP contribution >= 0.6 is 0 Å². The van der Waals surface area contributed by atoms with Crippen LogP contribution in [0.2, 0.25) is 0 Å². The minimum Gasteiger partial charge on any atom is -0.482 e. The first-order valence-electron chi connectivity index (χ1n) is 9.17. The number of ether oxygens (including phenoxy) is 2. The second-order valence-corrected chi connectivity index (χ2v) is 7.43. The zero-order valence-corrected chi connectivity index (χ0v) is 16.6. The molecule has 0 aliphatic rings. The summed E-state index contributed by atoms with van der Waals surface area (Å²) in [6, 6.07) is 16.7. The van der Waals surface area contributed by atoms with Crippen LogP contribution in [0.3, 0.4) is 0 Å². The molecule has 2 aromatic rings. The van der Waals surface area contributed by atoms with Gasteiger partial charge in [0.1, 0.15) is 12.4 Å². The molecule has 0 aliphatic carbocycles. The zero-order valence-electron chi connectivity index (χ0n) is 16.6. The summed E-state index contributed by atoms with van der Waals surface area (Å²) in [5.74, 6) is 0.126. The van der Waals surface area contributed by atoms with Crippen molar-refractivity contribution in [3.63, 3.8) is 0 Å². The quantitative estimate of drug-likeness (QED) is 0.692. The SMILES string of the molecule is CC(C)(C)N(CCc1ccc(OCC(=O)OCc2ccccc2)cc1)C(=O)O. The van der Waals surface area contributed by atoms with Crippen LogP contribution in [0.4, 0.5) is 4.79 Å². The molecule has 0 spiro atoms. The van der Waals surface area contributed by atoms with E-state index < -0.39 is 17.6 Å². The fourth-order valence-electron chi connectivity index (χ4n) is 2.63. The molecule has 0 radical (unpaired) electrons. The van der Waals surface area contributed by atoms with Crippen molar-refractivity contribution in [3.8, 4) is 5.75 Å². The van der Waals surface area contributed by atoms with Crippen molar-refractivity contribution in [2.75, 3.05) is 13.2 Å². The highest BCUT2D eigenvalue weighted by atomic mass is 16.6. The third-order valence-electron chi connectivity index (χ3n) is 4.19. The smallest absolute Gasteiger partial charge is 0.407 e. The maximum absolute atomic E-state index is 11.8. The van der Waals surface area contributed by atoms with E-state index in [9.17, 15) is 14.7 Å². The van der Waals surface area contributed by atoms with Gasteiger partial charge in [-0.15, -0.1) is 0 Å². The first-order chi connectivity index (χ1) is 13.3. The van der Waals surface area contributed by atoms with E-state index in [0.29, 0.717) is 18.7 Å². The molecule has 1 amide bonds.